The van der Waals surface area contributed by atoms with E-state index in [1.807, 2.05) is 20.8 Å². The number of hydrogen-bond donors (Lipinski definition) is 0. The van der Waals surface area contributed by atoms with Crippen LogP contribution in [0.5, 0.6) is 0 Å². The zero-order chi connectivity index (χ0) is 17.3. The summed E-state index contributed by atoms with van der Waals surface area (Å²) in [5, 5.41) is 0. The van der Waals surface area contributed by atoms with Gasteiger partial charge in [-0.2, -0.15) is 8.42 Å². The summed E-state index contributed by atoms with van der Waals surface area (Å²) in [6.45, 7) is 7.43. The standard InChI is InChI=1S/C16H29NO5S/c1-15(2,3)22-14(18)17-8-6-16(7-9-17)11-13(12-16)5-10-21-23(4,19)20/h13H,5-12H2,1-4H3. The summed E-state index contributed by atoms with van der Waals surface area (Å²) < 4.78 is 32.1. The number of hydrogen-bond acceptors (Lipinski definition) is 5. The van der Waals surface area contributed by atoms with Gasteiger partial charge in [-0.25, -0.2) is 4.79 Å². The van der Waals surface area contributed by atoms with Crippen LogP contribution in [0.25, 0.3) is 0 Å². The number of carbonyl (C=O) groups is 1. The second-order valence-corrected chi connectivity index (χ2v) is 9.70. The molecule has 2 fully saturated rings. The van der Waals surface area contributed by atoms with E-state index >= 15 is 0 Å². The van der Waals surface area contributed by atoms with Crippen LogP contribution in [-0.4, -0.2) is 51.0 Å². The Kier molecular flexibility index (Phi) is 5.31. The molecule has 2 aliphatic rings. The number of nitrogens with zero attached hydrogens (tertiary/aromatic N) is 1. The smallest absolute Gasteiger partial charge is 0.410 e. The molecule has 0 unspecified atom stereocenters. The average molecular weight is 347 g/mol. The number of carbonyl (C=O) groups excluding carboxylic acids is 1. The van der Waals surface area contributed by atoms with Gasteiger partial charge in [0.2, 0.25) is 0 Å². The molecule has 0 atom stereocenters. The molecule has 0 aromatic carbocycles. The Hall–Kier alpha value is -0.820. The van der Waals surface area contributed by atoms with Crippen molar-refractivity contribution < 1.29 is 22.1 Å². The highest BCUT2D eigenvalue weighted by Gasteiger charge is 2.46. The van der Waals surface area contributed by atoms with Gasteiger partial charge in [0.05, 0.1) is 12.9 Å². The van der Waals surface area contributed by atoms with Gasteiger partial charge in [-0.15, -0.1) is 0 Å². The third kappa shape index (κ3) is 5.64. The van der Waals surface area contributed by atoms with Gasteiger partial charge < -0.3 is 9.64 Å². The fourth-order valence-electron chi connectivity index (χ4n) is 3.63. The van der Waals surface area contributed by atoms with Crippen molar-refractivity contribution >= 4 is 16.2 Å². The predicted octanol–water partition coefficient (Wildman–Crippen LogP) is 2.78. The lowest BCUT2D eigenvalue weighted by Crippen LogP contribution is -2.49. The predicted molar refractivity (Wildman–Crippen MR) is 87.6 cm³/mol. The van der Waals surface area contributed by atoms with Crippen molar-refractivity contribution in [1.82, 2.24) is 4.90 Å². The molecule has 0 aromatic heterocycles. The van der Waals surface area contributed by atoms with Crippen LogP contribution in [0, 0.1) is 11.3 Å². The first-order valence-electron chi connectivity index (χ1n) is 8.30. The van der Waals surface area contributed by atoms with Gasteiger partial charge in [-0.3, -0.25) is 4.18 Å². The first-order valence-corrected chi connectivity index (χ1v) is 10.1. The molecular weight excluding hydrogens is 318 g/mol. The summed E-state index contributed by atoms with van der Waals surface area (Å²) in [5.74, 6) is 0.546. The van der Waals surface area contributed by atoms with Crippen LogP contribution in [0.4, 0.5) is 4.79 Å². The third-order valence-corrected chi connectivity index (χ3v) is 5.34. The molecule has 23 heavy (non-hydrogen) atoms. The van der Waals surface area contributed by atoms with Crippen LogP contribution in [0.3, 0.4) is 0 Å². The summed E-state index contributed by atoms with van der Waals surface area (Å²) in [6, 6.07) is 0. The Morgan fingerprint density at radius 3 is 2.26 bits per heavy atom. The Morgan fingerprint density at radius 1 is 1.22 bits per heavy atom. The van der Waals surface area contributed by atoms with E-state index in [2.05, 4.69) is 0 Å². The topological polar surface area (TPSA) is 72.9 Å². The van der Waals surface area contributed by atoms with Crippen LogP contribution in [0.1, 0.15) is 52.9 Å². The molecule has 134 valence electrons. The highest BCUT2D eigenvalue weighted by Crippen LogP contribution is 2.53. The van der Waals surface area contributed by atoms with E-state index in [-0.39, 0.29) is 12.7 Å². The molecule has 1 saturated heterocycles. The lowest BCUT2D eigenvalue weighted by atomic mass is 9.57. The summed E-state index contributed by atoms with van der Waals surface area (Å²) in [7, 11) is -3.33. The van der Waals surface area contributed by atoms with Gasteiger partial charge in [0.25, 0.3) is 10.1 Å². The zero-order valence-electron chi connectivity index (χ0n) is 14.6. The second-order valence-electron chi connectivity index (χ2n) is 8.06. The maximum atomic E-state index is 12.1. The lowest BCUT2D eigenvalue weighted by molar-refractivity contribution is -0.0312. The molecule has 1 saturated carbocycles. The fourth-order valence-corrected chi connectivity index (χ4v) is 4.03. The normalized spacial score (nSPS) is 22.0. The number of ether oxygens (including phenoxy) is 1. The average Bonchev–Trinajstić information content (AvgIpc) is 2.33. The van der Waals surface area contributed by atoms with Crippen molar-refractivity contribution in [1.29, 1.82) is 0 Å². The van der Waals surface area contributed by atoms with Crippen LogP contribution in [-0.2, 0) is 19.0 Å². The minimum Gasteiger partial charge on any atom is -0.444 e. The van der Waals surface area contributed by atoms with Gasteiger partial charge >= 0.3 is 6.09 Å². The van der Waals surface area contributed by atoms with Crippen molar-refractivity contribution in [2.75, 3.05) is 26.0 Å². The molecule has 0 aromatic rings. The monoisotopic (exact) mass is 347 g/mol. The summed E-state index contributed by atoms with van der Waals surface area (Å²) in [4.78, 5) is 13.9. The largest absolute Gasteiger partial charge is 0.444 e. The first-order chi connectivity index (χ1) is 10.5. The number of piperidine rings is 1. The van der Waals surface area contributed by atoms with E-state index < -0.39 is 15.7 Å². The first kappa shape index (κ1) is 18.5. The molecule has 2 rings (SSSR count). The second kappa shape index (κ2) is 6.59. The van der Waals surface area contributed by atoms with Gasteiger partial charge in [0.15, 0.2) is 0 Å². The highest BCUT2D eigenvalue weighted by atomic mass is 32.2. The third-order valence-electron chi connectivity index (χ3n) is 4.74. The van der Waals surface area contributed by atoms with Crippen molar-refractivity contribution in [3.05, 3.63) is 0 Å². The Morgan fingerprint density at radius 2 is 1.78 bits per heavy atom. The number of likely N-dealkylation sites (tertiary alicyclic amines) is 1. The van der Waals surface area contributed by atoms with Gasteiger partial charge in [0, 0.05) is 13.1 Å². The zero-order valence-corrected chi connectivity index (χ0v) is 15.4. The van der Waals surface area contributed by atoms with Gasteiger partial charge in [0.1, 0.15) is 5.60 Å². The van der Waals surface area contributed by atoms with E-state index in [9.17, 15) is 13.2 Å². The van der Waals surface area contributed by atoms with E-state index in [1.165, 1.54) is 0 Å². The van der Waals surface area contributed by atoms with E-state index in [4.69, 9.17) is 8.92 Å². The molecular formula is C16H29NO5S. The van der Waals surface area contributed by atoms with Crippen LogP contribution in [0.2, 0.25) is 0 Å². The van der Waals surface area contributed by atoms with Gasteiger partial charge in [-0.05, 0) is 64.2 Å². The van der Waals surface area contributed by atoms with Crippen molar-refractivity contribution in [2.45, 2.75) is 58.5 Å². The molecule has 7 heteroatoms. The molecule has 6 nitrogen and oxygen atoms in total. The Bertz CT molecular complexity index is 521. The molecule has 1 aliphatic heterocycles. The van der Waals surface area contributed by atoms with E-state index in [1.54, 1.807) is 4.90 Å². The van der Waals surface area contributed by atoms with E-state index in [0.29, 0.717) is 11.3 Å². The van der Waals surface area contributed by atoms with Crippen molar-refractivity contribution in [2.24, 2.45) is 11.3 Å². The SMILES string of the molecule is CC(C)(C)OC(=O)N1CCC2(CC1)CC(CCOS(C)(=O)=O)C2. The summed E-state index contributed by atoms with van der Waals surface area (Å²) >= 11 is 0. The minimum absolute atomic E-state index is 0.218. The highest BCUT2D eigenvalue weighted by molar-refractivity contribution is 7.85. The number of rotatable bonds is 4. The Balaban J connectivity index is 1.69. The van der Waals surface area contributed by atoms with Crippen LogP contribution in [0.15, 0.2) is 0 Å². The molecule has 1 heterocycles. The van der Waals surface area contributed by atoms with Crippen molar-refractivity contribution in [3.63, 3.8) is 0 Å². The minimum atomic E-state index is -3.33. The number of amides is 1. The Labute approximate surface area is 139 Å². The molecule has 0 N–H and O–H groups in total. The maximum Gasteiger partial charge on any atom is 0.410 e. The maximum absolute atomic E-state index is 12.1. The van der Waals surface area contributed by atoms with Crippen LogP contribution < -0.4 is 0 Å². The lowest BCUT2D eigenvalue weighted by Gasteiger charge is -2.52. The van der Waals surface area contributed by atoms with Gasteiger partial charge in [-0.1, -0.05) is 0 Å². The molecule has 0 radical (unpaired) electrons. The van der Waals surface area contributed by atoms with Crippen molar-refractivity contribution in [3.8, 4) is 0 Å². The molecule has 1 amide bonds. The summed E-state index contributed by atoms with van der Waals surface area (Å²) in [5.41, 5.74) is -0.109. The summed E-state index contributed by atoms with van der Waals surface area (Å²) in [6.07, 6.45) is 5.91. The fraction of sp³-hybridized carbons (Fsp3) is 0.938. The van der Waals surface area contributed by atoms with Crippen LogP contribution >= 0.6 is 0 Å². The van der Waals surface area contributed by atoms with E-state index in [0.717, 1.165) is 51.4 Å². The molecule has 1 aliphatic carbocycles. The molecule has 1 spiro atoms. The quantitative estimate of drug-likeness (QED) is 0.731. The molecule has 0 bridgehead atoms.